The van der Waals surface area contributed by atoms with Crippen molar-refractivity contribution in [2.75, 3.05) is 24.5 Å². The van der Waals surface area contributed by atoms with Crippen molar-refractivity contribution in [1.82, 2.24) is 15.5 Å². The van der Waals surface area contributed by atoms with E-state index >= 15 is 0 Å². The molecular weight excluding hydrogens is 218 g/mol. The normalized spacial score (nSPS) is 9.47. The number of likely N-dealkylation sites (N-methyl/N-ethyl adjacent to an activating group) is 2. The molecule has 17 heavy (non-hydrogen) atoms. The van der Waals surface area contributed by atoms with Crippen LogP contribution in [0.5, 0.6) is 0 Å². The Hall–Kier alpha value is -2.16. The highest BCUT2D eigenvalue weighted by atomic mass is 16.2. The number of hydrogen-bond donors (Lipinski definition) is 1. The third-order valence-corrected chi connectivity index (χ3v) is 2.18. The van der Waals surface area contributed by atoms with Crippen molar-refractivity contribution in [1.29, 1.82) is 5.26 Å². The first-order valence-electron chi connectivity index (χ1n) is 5.46. The predicted molar refractivity (Wildman–Crippen MR) is 63.3 cm³/mol. The third-order valence-electron chi connectivity index (χ3n) is 2.18. The van der Waals surface area contributed by atoms with Gasteiger partial charge in [-0.15, -0.1) is 10.2 Å². The van der Waals surface area contributed by atoms with E-state index < -0.39 is 0 Å². The molecule has 0 saturated carbocycles. The van der Waals surface area contributed by atoms with Crippen molar-refractivity contribution in [3.8, 4) is 6.07 Å². The molecule has 0 spiro atoms. The van der Waals surface area contributed by atoms with Crippen molar-refractivity contribution >= 4 is 11.7 Å². The molecule has 1 rings (SSSR count). The first-order valence-corrected chi connectivity index (χ1v) is 5.46. The van der Waals surface area contributed by atoms with Gasteiger partial charge in [-0.1, -0.05) is 0 Å². The standard InChI is InChI=1S/C11H15N5O/c1-3-13-11(17)8-16(4-2)10-6-5-9(7-12)14-15-10/h5-6H,3-4,8H2,1-2H3,(H,13,17). The summed E-state index contributed by atoms with van der Waals surface area (Å²) in [4.78, 5) is 13.2. The first-order chi connectivity index (χ1) is 8.21. The van der Waals surface area contributed by atoms with Gasteiger partial charge in [0.2, 0.25) is 5.91 Å². The van der Waals surface area contributed by atoms with Crippen LogP contribution in [0.15, 0.2) is 12.1 Å². The second kappa shape index (κ2) is 6.43. The van der Waals surface area contributed by atoms with Gasteiger partial charge in [0.05, 0.1) is 6.54 Å². The van der Waals surface area contributed by atoms with Crippen LogP contribution >= 0.6 is 0 Å². The molecule has 0 fully saturated rings. The van der Waals surface area contributed by atoms with Crippen LogP contribution in [0.1, 0.15) is 19.5 Å². The van der Waals surface area contributed by atoms with Crippen LogP contribution in [-0.4, -0.2) is 35.7 Å². The van der Waals surface area contributed by atoms with Crippen molar-refractivity contribution < 1.29 is 4.79 Å². The van der Waals surface area contributed by atoms with Crippen molar-refractivity contribution in [2.24, 2.45) is 0 Å². The average Bonchev–Trinajstić information content (AvgIpc) is 2.36. The fraction of sp³-hybridized carbons (Fsp3) is 0.455. The number of rotatable bonds is 5. The number of carbonyl (C=O) groups excluding carboxylic acids is 1. The molecule has 1 amide bonds. The molecule has 0 bridgehead atoms. The Kier molecular flexibility index (Phi) is 4.88. The van der Waals surface area contributed by atoms with Gasteiger partial charge in [-0.25, -0.2) is 0 Å². The molecule has 0 aliphatic rings. The summed E-state index contributed by atoms with van der Waals surface area (Å²) < 4.78 is 0. The molecule has 6 heteroatoms. The maximum atomic E-state index is 11.5. The SMILES string of the molecule is CCNC(=O)CN(CC)c1ccc(C#N)nn1. The smallest absolute Gasteiger partial charge is 0.239 e. The largest absolute Gasteiger partial charge is 0.355 e. The van der Waals surface area contributed by atoms with Crippen molar-refractivity contribution in [3.05, 3.63) is 17.8 Å². The monoisotopic (exact) mass is 233 g/mol. The van der Waals surface area contributed by atoms with Gasteiger partial charge < -0.3 is 10.2 Å². The van der Waals surface area contributed by atoms with E-state index in [4.69, 9.17) is 5.26 Å². The van der Waals surface area contributed by atoms with E-state index in [-0.39, 0.29) is 18.1 Å². The lowest BCUT2D eigenvalue weighted by molar-refractivity contribution is -0.119. The summed E-state index contributed by atoms with van der Waals surface area (Å²) in [6.45, 7) is 5.30. The number of aromatic nitrogens is 2. The van der Waals surface area contributed by atoms with Crippen LogP contribution < -0.4 is 10.2 Å². The van der Waals surface area contributed by atoms with E-state index in [2.05, 4.69) is 15.5 Å². The molecular formula is C11H15N5O. The Morgan fingerprint density at radius 1 is 1.47 bits per heavy atom. The van der Waals surface area contributed by atoms with Crippen LogP contribution in [0.4, 0.5) is 5.82 Å². The first kappa shape index (κ1) is 12.9. The fourth-order valence-corrected chi connectivity index (χ4v) is 1.33. The minimum atomic E-state index is -0.0551. The van der Waals surface area contributed by atoms with E-state index in [1.165, 1.54) is 0 Å². The fourth-order valence-electron chi connectivity index (χ4n) is 1.33. The number of carbonyl (C=O) groups is 1. The Labute approximate surface area is 100 Å². The van der Waals surface area contributed by atoms with Gasteiger partial charge in [0, 0.05) is 13.1 Å². The topological polar surface area (TPSA) is 81.9 Å². The zero-order valence-corrected chi connectivity index (χ0v) is 9.97. The summed E-state index contributed by atoms with van der Waals surface area (Å²) in [5.74, 6) is 0.540. The van der Waals surface area contributed by atoms with E-state index in [0.29, 0.717) is 18.9 Å². The van der Waals surface area contributed by atoms with E-state index in [0.717, 1.165) is 0 Å². The van der Waals surface area contributed by atoms with Gasteiger partial charge in [-0.2, -0.15) is 5.26 Å². The number of amides is 1. The lowest BCUT2D eigenvalue weighted by Gasteiger charge is -2.20. The zero-order valence-electron chi connectivity index (χ0n) is 9.97. The van der Waals surface area contributed by atoms with Gasteiger partial charge in [-0.3, -0.25) is 4.79 Å². The molecule has 0 radical (unpaired) electrons. The predicted octanol–water partition coefficient (Wildman–Crippen LogP) is 0.311. The summed E-state index contributed by atoms with van der Waals surface area (Å²) >= 11 is 0. The maximum Gasteiger partial charge on any atom is 0.239 e. The molecule has 0 aliphatic heterocycles. The minimum absolute atomic E-state index is 0.0551. The van der Waals surface area contributed by atoms with Crippen LogP contribution in [-0.2, 0) is 4.79 Å². The maximum absolute atomic E-state index is 11.5. The molecule has 90 valence electrons. The highest BCUT2D eigenvalue weighted by Crippen LogP contribution is 2.08. The summed E-state index contributed by atoms with van der Waals surface area (Å²) in [6, 6.07) is 5.18. The van der Waals surface area contributed by atoms with Crippen LogP contribution in [0.2, 0.25) is 0 Å². The Bertz CT molecular complexity index is 409. The number of nitrogens with one attached hydrogen (secondary N) is 1. The summed E-state index contributed by atoms with van der Waals surface area (Å²) in [7, 11) is 0. The summed E-state index contributed by atoms with van der Waals surface area (Å²) in [5.41, 5.74) is 0.266. The highest BCUT2D eigenvalue weighted by molar-refractivity contribution is 5.80. The average molecular weight is 233 g/mol. The minimum Gasteiger partial charge on any atom is -0.355 e. The number of hydrogen-bond acceptors (Lipinski definition) is 5. The lowest BCUT2D eigenvalue weighted by Crippen LogP contribution is -2.37. The molecule has 1 aromatic heterocycles. The second-order valence-corrected chi connectivity index (χ2v) is 3.36. The van der Waals surface area contributed by atoms with Gasteiger partial charge in [0.25, 0.3) is 0 Å². The molecule has 0 atom stereocenters. The van der Waals surface area contributed by atoms with E-state index in [1.807, 2.05) is 19.9 Å². The second-order valence-electron chi connectivity index (χ2n) is 3.36. The quantitative estimate of drug-likeness (QED) is 0.791. The summed E-state index contributed by atoms with van der Waals surface area (Å²) in [5, 5.41) is 19.0. The molecule has 0 saturated heterocycles. The van der Waals surface area contributed by atoms with Gasteiger partial charge in [0.1, 0.15) is 6.07 Å². The highest BCUT2D eigenvalue weighted by Gasteiger charge is 2.10. The van der Waals surface area contributed by atoms with Crippen molar-refractivity contribution in [2.45, 2.75) is 13.8 Å². The number of anilines is 1. The lowest BCUT2D eigenvalue weighted by atomic mass is 10.3. The van der Waals surface area contributed by atoms with Crippen LogP contribution in [0.25, 0.3) is 0 Å². The zero-order chi connectivity index (χ0) is 12.7. The summed E-state index contributed by atoms with van der Waals surface area (Å²) in [6.07, 6.45) is 0. The van der Waals surface area contributed by atoms with E-state index in [1.54, 1.807) is 17.0 Å². The molecule has 1 heterocycles. The Morgan fingerprint density at radius 2 is 2.24 bits per heavy atom. The number of nitriles is 1. The van der Waals surface area contributed by atoms with Crippen molar-refractivity contribution in [3.63, 3.8) is 0 Å². The Morgan fingerprint density at radius 3 is 2.71 bits per heavy atom. The van der Waals surface area contributed by atoms with Gasteiger partial charge >= 0.3 is 0 Å². The number of nitrogens with zero attached hydrogens (tertiary/aromatic N) is 4. The Balaban J connectivity index is 2.72. The van der Waals surface area contributed by atoms with E-state index in [9.17, 15) is 4.79 Å². The molecule has 1 N–H and O–H groups in total. The molecule has 1 aromatic rings. The molecule has 0 aliphatic carbocycles. The van der Waals surface area contributed by atoms with Gasteiger partial charge in [0.15, 0.2) is 11.5 Å². The van der Waals surface area contributed by atoms with Crippen LogP contribution in [0.3, 0.4) is 0 Å². The van der Waals surface area contributed by atoms with Gasteiger partial charge in [-0.05, 0) is 26.0 Å². The van der Waals surface area contributed by atoms with Crippen LogP contribution in [0, 0.1) is 11.3 Å². The third kappa shape index (κ3) is 3.72. The molecule has 0 unspecified atom stereocenters. The molecule has 0 aromatic carbocycles. The molecule has 6 nitrogen and oxygen atoms in total.